The van der Waals surface area contributed by atoms with Crippen molar-refractivity contribution in [1.29, 1.82) is 0 Å². The molecule has 0 aliphatic carbocycles. The van der Waals surface area contributed by atoms with Gasteiger partial charge in [0, 0.05) is 7.14 Å². The summed E-state index contributed by atoms with van der Waals surface area (Å²) in [4.78, 5) is 0. The molecule has 0 nitrogen and oxygen atoms in total. The Bertz CT molecular complexity index is 303. The summed E-state index contributed by atoms with van der Waals surface area (Å²) in [5.74, 6) is 0.639. The Morgan fingerprint density at radius 1 is 1.15 bits per heavy atom. The molecule has 0 heterocycles. The van der Waals surface area contributed by atoms with Gasteiger partial charge in [0.25, 0.3) is 0 Å². The molecule has 1 aromatic carbocycles. The fourth-order valence-corrected chi connectivity index (χ4v) is 2.47. The van der Waals surface area contributed by atoms with E-state index >= 15 is 0 Å². The normalized spacial score (nSPS) is 10.9. The van der Waals surface area contributed by atoms with E-state index in [-0.39, 0.29) is 0 Å². The van der Waals surface area contributed by atoms with Crippen molar-refractivity contribution in [2.45, 2.75) is 33.1 Å². The molecule has 0 radical (unpaired) electrons. The van der Waals surface area contributed by atoms with E-state index in [9.17, 15) is 0 Å². The summed E-state index contributed by atoms with van der Waals surface area (Å²) in [6, 6.07) is 4.64. The summed E-state index contributed by atoms with van der Waals surface area (Å²) in [6.07, 6.45) is 1.14. The lowest BCUT2D eigenvalue weighted by molar-refractivity contribution is 0.842. The van der Waals surface area contributed by atoms with Crippen LogP contribution in [-0.2, 0) is 6.42 Å². The van der Waals surface area contributed by atoms with Crippen LogP contribution in [0.3, 0.4) is 0 Å². The van der Waals surface area contributed by atoms with E-state index in [2.05, 4.69) is 78.1 Å². The second-order valence-corrected chi connectivity index (χ2v) is 5.80. The number of rotatable bonds is 2. The Hall–Kier alpha value is 0.680. The van der Waals surface area contributed by atoms with Crippen molar-refractivity contribution >= 4 is 45.2 Å². The molecule has 0 aliphatic heterocycles. The topological polar surface area (TPSA) is 0 Å². The summed E-state index contributed by atoms with van der Waals surface area (Å²) in [5.41, 5.74) is 3.01. The van der Waals surface area contributed by atoms with Crippen molar-refractivity contribution in [2.75, 3.05) is 0 Å². The molecule has 13 heavy (non-hydrogen) atoms. The first-order valence-corrected chi connectivity index (χ1v) is 6.69. The van der Waals surface area contributed by atoms with Crippen LogP contribution in [0.1, 0.15) is 37.8 Å². The SMILES string of the molecule is CCc1cc(I)c(I)cc1C(C)C. The van der Waals surface area contributed by atoms with Crippen molar-refractivity contribution in [3.63, 3.8) is 0 Å². The van der Waals surface area contributed by atoms with Crippen LogP contribution in [-0.4, -0.2) is 0 Å². The molecule has 0 N–H and O–H groups in total. The predicted molar refractivity (Wildman–Crippen MR) is 75.3 cm³/mol. The van der Waals surface area contributed by atoms with Crippen LogP contribution < -0.4 is 0 Å². The van der Waals surface area contributed by atoms with E-state index in [0.717, 1.165) is 6.42 Å². The third-order valence-electron chi connectivity index (χ3n) is 2.19. The molecule has 0 bridgehead atoms. The molecular formula is C11H14I2. The maximum absolute atomic E-state index is 2.41. The molecule has 0 aromatic heterocycles. The summed E-state index contributed by atoms with van der Waals surface area (Å²) >= 11 is 4.81. The van der Waals surface area contributed by atoms with Gasteiger partial charge in [-0.25, -0.2) is 0 Å². The van der Waals surface area contributed by atoms with Gasteiger partial charge in [0.1, 0.15) is 0 Å². The molecule has 2 heteroatoms. The average Bonchev–Trinajstić information content (AvgIpc) is 2.08. The van der Waals surface area contributed by atoms with Crippen molar-refractivity contribution in [3.05, 3.63) is 30.4 Å². The van der Waals surface area contributed by atoms with Gasteiger partial charge in [-0.15, -0.1) is 0 Å². The van der Waals surface area contributed by atoms with Gasteiger partial charge >= 0.3 is 0 Å². The lowest BCUT2D eigenvalue weighted by Gasteiger charge is -2.13. The Kier molecular flexibility index (Phi) is 4.48. The van der Waals surface area contributed by atoms with E-state index in [1.165, 1.54) is 18.3 Å². The minimum atomic E-state index is 0.639. The largest absolute Gasteiger partial charge is 0.0613 e. The van der Waals surface area contributed by atoms with Crippen LogP contribution in [0.2, 0.25) is 0 Å². The molecule has 0 saturated heterocycles. The molecule has 0 amide bonds. The standard InChI is InChI=1S/C11H14I2/c1-4-8-5-10(12)11(13)6-9(8)7(2)3/h5-7H,4H2,1-3H3. The molecule has 0 atom stereocenters. The van der Waals surface area contributed by atoms with E-state index < -0.39 is 0 Å². The van der Waals surface area contributed by atoms with E-state index in [0.29, 0.717) is 5.92 Å². The second-order valence-electron chi connectivity index (χ2n) is 3.47. The van der Waals surface area contributed by atoms with E-state index in [1.54, 1.807) is 0 Å². The average molecular weight is 400 g/mol. The smallest absolute Gasteiger partial charge is 0.0266 e. The van der Waals surface area contributed by atoms with Gasteiger partial charge in [-0.05, 0) is 80.8 Å². The maximum atomic E-state index is 2.41. The highest BCUT2D eigenvalue weighted by Crippen LogP contribution is 2.26. The molecule has 1 rings (SSSR count). The van der Waals surface area contributed by atoms with E-state index in [4.69, 9.17) is 0 Å². The quantitative estimate of drug-likeness (QED) is 0.638. The van der Waals surface area contributed by atoms with Crippen molar-refractivity contribution in [3.8, 4) is 0 Å². The number of aryl methyl sites for hydroxylation is 1. The zero-order valence-corrected chi connectivity index (χ0v) is 12.5. The van der Waals surface area contributed by atoms with Gasteiger partial charge in [0.2, 0.25) is 0 Å². The fourth-order valence-electron chi connectivity index (χ4n) is 1.45. The van der Waals surface area contributed by atoms with Gasteiger partial charge in [-0.2, -0.15) is 0 Å². The Morgan fingerprint density at radius 2 is 1.69 bits per heavy atom. The Labute approximate surface area is 108 Å². The molecule has 0 aliphatic rings. The van der Waals surface area contributed by atoms with Crippen molar-refractivity contribution in [1.82, 2.24) is 0 Å². The first-order valence-electron chi connectivity index (χ1n) is 4.54. The Balaban J connectivity index is 3.25. The second kappa shape index (κ2) is 4.96. The lowest BCUT2D eigenvalue weighted by atomic mass is 9.96. The summed E-state index contributed by atoms with van der Waals surface area (Å²) in [6.45, 7) is 6.75. The van der Waals surface area contributed by atoms with Crippen LogP contribution in [0, 0.1) is 7.14 Å². The van der Waals surface area contributed by atoms with Gasteiger partial charge in [-0.3, -0.25) is 0 Å². The molecule has 0 fully saturated rings. The van der Waals surface area contributed by atoms with E-state index in [1.807, 2.05) is 0 Å². The first kappa shape index (κ1) is 11.8. The van der Waals surface area contributed by atoms with Crippen LogP contribution in [0.15, 0.2) is 12.1 Å². The summed E-state index contributed by atoms with van der Waals surface area (Å²) in [5, 5.41) is 0. The highest BCUT2D eigenvalue weighted by Gasteiger charge is 2.08. The first-order chi connectivity index (χ1) is 6.06. The number of hydrogen-bond donors (Lipinski definition) is 0. The number of halogens is 2. The fraction of sp³-hybridized carbons (Fsp3) is 0.455. The zero-order valence-electron chi connectivity index (χ0n) is 8.20. The number of benzene rings is 1. The van der Waals surface area contributed by atoms with Crippen LogP contribution in [0.4, 0.5) is 0 Å². The minimum Gasteiger partial charge on any atom is -0.0613 e. The number of hydrogen-bond acceptors (Lipinski definition) is 0. The van der Waals surface area contributed by atoms with Gasteiger partial charge in [0.15, 0.2) is 0 Å². The molecule has 0 unspecified atom stereocenters. The predicted octanol–water partition coefficient (Wildman–Crippen LogP) is 4.58. The van der Waals surface area contributed by atoms with Crippen molar-refractivity contribution < 1.29 is 0 Å². The molecular weight excluding hydrogens is 386 g/mol. The van der Waals surface area contributed by atoms with Crippen LogP contribution in [0.25, 0.3) is 0 Å². The highest BCUT2D eigenvalue weighted by atomic mass is 127. The summed E-state index contributed by atoms with van der Waals surface area (Å²) in [7, 11) is 0. The maximum Gasteiger partial charge on any atom is 0.0266 e. The van der Waals surface area contributed by atoms with Crippen LogP contribution in [0.5, 0.6) is 0 Å². The van der Waals surface area contributed by atoms with Gasteiger partial charge in [0.05, 0.1) is 0 Å². The molecule has 1 aromatic rings. The van der Waals surface area contributed by atoms with Gasteiger partial charge in [-0.1, -0.05) is 20.8 Å². The highest BCUT2D eigenvalue weighted by molar-refractivity contribution is 14.1. The van der Waals surface area contributed by atoms with Crippen LogP contribution >= 0.6 is 45.2 Å². The monoisotopic (exact) mass is 400 g/mol. The molecule has 72 valence electrons. The van der Waals surface area contributed by atoms with Crippen molar-refractivity contribution in [2.24, 2.45) is 0 Å². The van der Waals surface area contributed by atoms with Gasteiger partial charge < -0.3 is 0 Å². The Morgan fingerprint density at radius 3 is 2.15 bits per heavy atom. The third kappa shape index (κ3) is 2.81. The third-order valence-corrected chi connectivity index (χ3v) is 5.00. The minimum absolute atomic E-state index is 0.639. The molecule has 0 saturated carbocycles. The lowest BCUT2D eigenvalue weighted by Crippen LogP contribution is -1.97. The molecule has 0 spiro atoms. The zero-order chi connectivity index (χ0) is 10.0. The summed E-state index contributed by atoms with van der Waals surface area (Å²) < 4.78 is 2.75.